The first-order valence-corrected chi connectivity index (χ1v) is 4.89. The molecule has 0 fully saturated rings. The Morgan fingerprint density at radius 2 is 1.93 bits per heavy atom. The fourth-order valence-corrected chi connectivity index (χ4v) is 1.13. The Bertz CT molecular complexity index is 194. The van der Waals surface area contributed by atoms with Crippen LogP contribution in [0.1, 0.15) is 32.6 Å². The lowest BCUT2D eigenvalue weighted by Gasteiger charge is -2.12. The van der Waals surface area contributed by atoms with Gasteiger partial charge in [-0.1, -0.05) is 19.8 Å². The highest BCUT2D eigenvalue weighted by atomic mass is 16.2. The molecule has 0 aliphatic carbocycles. The summed E-state index contributed by atoms with van der Waals surface area (Å²) in [7, 11) is 0. The zero-order chi connectivity index (χ0) is 11.0. The molecule has 1 atom stereocenters. The van der Waals surface area contributed by atoms with E-state index in [-0.39, 0.29) is 6.42 Å². The van der Waals surface area contributed by atoms with Gasteiger partial charge >= 0.3 is 0 Å². The molecule has 0 bridgehead atoms. The Labute approximate surface area is 84.2 Å². The van der Waals surface area contributed by atoms with Crippen molar-refractivity contribution in [3.05, 3.63) is 0 Å². The van der Waals surface area contributed by atoms with Crippen molar-refractivity contribution >= 4 is 11.8 Å². The van der Waals surface area contributed by atoms with Crippen LogP contribution in [0.15, 0.2) is 0 Å². The molecule has 2 amide bonds. The number of hydrogen-bond acceptors (Lipinski definition) is 3. The molecule has 0 aromatic heterocycles. The van der Waals surface area contributed by atoms with Crippen molar-refractivity contribution in [1.29, 1.82) is 0 Å². The molecule has 0 saturated heterocycles. The zero-order valence-corrected chi connectivity index (χ0v) is 8.58. The Morgan fingerprint density at radius 1 is 1.29 bits per heavy atom. The topological polar surface area (TPSA) is 98.2 Å². The zero-order valence-electron chi connectivity index (χ0n) is 8.58. The molecule has 0 heterocycles. The molecule has 1 unspecified atom stereocenters. The van der Waals surface area contributed by atoms with Gasteiger partial charge in [0.2, 0.25) is 11.8 Å². The van der Waals surface area contributed by atoms with Crippen LogP contribution in [0.4, 0.5) is 0 Å². The summed E-state index contributed by atoms with van der Waals surface area (Å²) in [5.41, 5.74) is 10.1. The van der Waals surface area contributed by atoms with Crippen LogP contribution in [0.3, 0.4) is 0 Å². The third kappa shape index (κ3) is 6.42. The van der Waals surface area contributed by atoms with E-state index in [1.807, 2.05) is 0 Å². The second kappa shape index (κ2) is 7.32. The second-order valence-electron chi connectivity index (χ2n) is 3.29. The average molecular weight is 201 g/mol. The molecule has 0 radical (unpaired) electrons. The van der Waals surface area contributed by atoms with Crippen molar-refractivity contribution in [1.82, 2.24) is 5.32 Å². The third-order valence-electron chi connectivity index (χ3n) is 1.92. The number of nitrogens with two attached hydrogens (primary N) is 2. The van der Waals surface area contributed by atoms with Crippen molar-refractivity contribution in [3.8, 4) is 0 Å². The highest BCUT2D eigenvalue weighted by Crippen LogP contribution is 1.94. The van der Waals surface area contributed by atoms with Gasteiger partial charge in [-0.05, 0) is 13.0 Å². The molecule has 0 aliphatic rings. The van der Waals surface area contributed by atoms with Gasteiger partial charge in [0, 0.05) is 0 Å². The molecule has 0 aromatic carbocycles. The molecule has 5 N–H and O–H groups in total. The van der Waals surface area contributed by atoms with E-state index < -0.39 is 17.9 Å². The highest BCUT2D eigenvalue weighted by molar-refractivity contribution is 5.86. The van der Waals surface area contributed by atoms with Gasteiger partial charge in [0.25, 0.3) is 0 Å². The summed E-state index contributed by atoms with van der Waals surface area (Å²) in [6.07, 6.45) is 3.15. The Kier molecular flexibility index (Phi) is 6.74. The molecular weight excluding hydrogens is 182 g/mol. The summed E-state index contributed by atoms with van der Waals surface area (Å²) in [4.78, 5) is 21.4. The van der Waals surface area contributed by atoms with Crippen LogP contribution in [0, 0.1) is 0 Å². The van der Waals surface area contributed by atoms with Gasteiger partial charge in [0.05, 0.1) is 12.5 Å². The number of carbonyl (C=O) groups excluding carboxylic acids is 2. The highest BCUT2D eigenvalue weighted by Gasteiger charge is 2.16. The predicted molar refractivity (Wildman–Crippen MR) is 54.3 cm³/mol. The first-order valence-electron chi connectivity index (χ1n) is 4.89. The van der Waals surface area contributed by atoms with Crippen molar-refractivity contribution in [3.63, 3.8) is 0 Å². The van der Waals surface area contributed by atoms with Gasteiger partial charge in [-0.15, -0.1) is 0 Å². The van der Waals surface area contributed by atoms with Crippen LogP contribution in [-0.2, 0) is 9.59 Å². The summed E-state index contributed by atoms with van der Waals surface area (Å²) in [5, 5.41) is 2.91. The number of primary amides is 2. The van der Waals surface area contributed by atoms with E-state index >= 15 is 0 Å². The maximum atomic E-state index is 10.9. The lowest BCUT2D eigenvalue weighted by atomic mass is 10.1. The van der Waals surface area contributed by atoms with E-state index in [9.17, 15) is 9.59 Å². The van der Waals surface area contributed by atoms with Crippen LogP contribution in [0.25, 0.3) is 0 Å². The molecule has 5 heteroatoms. The van der Waals surface area contributed by atoms with Gasteiger partial charge in [-0.2, -0.15) is 0 Å². The van der Waals surface area contributed by atoms with E-state index in [0.29, 0.717) is 6.54 Å². The Morgan fingerprint density at radius 3 is 2.36 bits per heavy atom. The lowest BCUT2D eigenvalue weighted by molar-refractivity contribution is -0.125. The van der Waals surface area contributed by atoms with Gasteiger partial charge in [-0.25, -0.2) is 0 Å². The monoisotopic (exact) mass is 201 g/mol. The molecule has 0 spiro atoms. The van der Waals surface area contributed by atoms with Gasteiger partial charge < -0.3 is 16.8 Å². The number of hydrogen-bond donors (Lipinski definition) is 3. The first kappa shape index (κ1) is 12.9. The van der Waals surface area contributed by atoms with E-state index in [2.05, 4.69) is 12.2 Å². The molecule has 5 nitrogen and oxygen atoms in total. The van der Waals surface area contributed by atoms with Gasteiger partial charge in [0.15, 0.2) is 0 Å². The summed E-state index contributed by atoms with van der Waals surface area (Å²) in [6, 6.07) is -0.621. The first-order chi connectivity index (χ1) is 6.57. The minimum absolute atomic E-state index is 0.0263. The van der Waals surface area contributed by atoms with Crippen LogP contribution >= 0.6 is 0 Å². The average Bonchev–Trinajstić information content (AvgIpc) is 2.09. The molecule has 0 aliphatic heterocycles. The summed E-state index contributed by atoms with van der Waals surface area (Å²) < 4.78 is 0. The smallest absolute Gasteiger partial charge is 0.235 e. The molecule has 0 rings (SSSR count). The summed E-state index contributed by atoms with van der Waals surface area (Å²) in [5.74, 6) is -1.04. The predicted octanol–water partition coefficient (Wildman–Crippen LogP) is -0.504. The van der Waals surface area contributed by atoms with E-state index in [4.69, 9.17) is 11.5 Å². The van der Waals surface area contributed by atoms with Crippen LogP contribution in [0.2, 0.25) is 0 Å². The van der Waals surface area contributed by atoms with E-state index in [1.54, 1.807) is 0 Å². The summed E-state index contributed by atoms with van der Waals surface area (Å²) >= 11 is 0. The van der Waals surface area contributed by atoms with E-state index in [0.717, 1.165) is 19.3 Å². The minimum atomic E-state index is -0.621. The number of unbranched alkanes of at least 4 members (excludes halogenated alkanes) is 2. The molecule has 82 valence electrons. The fourth-order valence-electron chi connectivity index (χ4n) is 1.13. The quantitative estimate of drug-likeness (QED) is 0.461. The summed E-state index contributed by atoms with van der Waals surface area (Å²) in [6.45, 7) is 2.78. The van der Waals surface area contributed by atoms with Crippen molar-refractivity contribution < 1.29 is 9.59 Å². The standard InChI is InChI=1S/C9H19N3O2/c1-2-3-4-5-12-7(9(11)14)6-8(10)13/h7,12H,2-6H2,1H3,(H2,10,13)(H2,11,14). The lowest BCUT2D eigenvalue weighted by Crippen LogP contribution is -2.44. The third-order valence-corrected chi connectivity index (χ3v) is 1.92. The van der Waals surface area contributed by atoms with Crippen molar-refractivity contribution in [2.45, 2.75) is 38.6 Å². The minimum Gasteiger partial charge on any atom is -0.370 e. The fraction of sp³-hybridized carbons (Fsp3) is 0.778. The number of nitrogens with one attached hydrogen (secondary N) is 1. The maximum absolute atomic E-state index is 10.9. The Hall–Kier alpha value is -1.10. The normalized spacial score (nSPS) is 12.4. The maximum Gasteiger partial charge on any atom is 0.235 e. The van der Waals surface area contributed by atoms with Crippen LogP contribution in [-0.4, -0.2) is 24.4 Å². The number of rotatable bonds is 8. The number of carbonyl (C=O) groups is 2. The SMILES string of the molecule is CCCCCNC(CC(N)=O)C(N)=O. The van der Waals surface area contributed by atoms with Crippen molar-refractivity contribution in [2.24, 2.45) is 11.5 Å². The largest absolute Gasteiger partial charge is 0.370 e. The van der Waals surface area contributed by atoms with Crippen LogP contribution < -0.4 is 16.8 Å². The number of amides is 2. The van der Waals surface area contributed by atoms with Crippen LogP contribution in [0.5, 0.6) is 0 Å². The van der Waals surface area contributed by atoms with Gasteiger partial charge in [0.1, 0.15) is 0 Å². The molecule has 0 saturated carbocycles. The molecule has 14 heavy (non-hydrogen) atoms. The van der Waals surface area contributed by atoms with Crippen molar-refractivity contribution in [2.75, 3.05) is 6.54 Å². The molecule has 0 aromatic rings. The Balaban J connectivity index is 3.74. The molecular formula is C9H19N3O2. The van der Waals surface area contributed by atoms with E-state index in [1.165, 1.54) is 0 Å². The second-order valence-corrected chi connectivity index (χ2v) is 3.29. The van der Waals surface area contributed by atoms with Gasteiger partial charge in [-0.3, -0.25) is 9.59 Å².